The molecule has 0 radical (unpaired) electrons. The van der Waals surface area contributed by atoms with E-state index >= 15 is 0 Å². The third-order valence-electron chi connectivity index (χ3n) is 4.24. The molecule has 0 spiro atoms. The number of hydrogen-bond acceptors (Lipinski definition) is 2. The van der Waals surface area contributed by atoms with Gasteiger partial charge in [-0.25, -0.2) is 0 Å². The topological polar surface area (TPSA) is 41.1 Å². The number of halogens is 1. The molecule has 0 fully saturated rings. The summed E-state index contributed by atoms with van der Waals surface area (Å²) >= 11 is 5.95. The normalized spacial score (nSPS) is 12.1. The minimum atomic E-state index is -0.0351. The Morgan fingerprint density at radius 2 is 1.80 bits per heavy atom. The Hall–Kier alpha value is -2.36. The van der Waals surface area contributed by atoms with Gasteiger partial charge in [0.05, 0.1) is 6.54 Å². The summed E-state index contributed by atoms with van der Waals surface area (Å²) in [4.78, 5) is 12.1. The number of carbonyl (C=O) groups excluding carboxylic acids is 1. The van der Waals surface area contributed by atoms with Crippen LogP contribution in [-0.2, 0) is 11.3 Å². The van der Waals surface area contributed by atoms with Gasteiger partial charge in [0.15, 0.2) is 0 Å². The van der Waals surface area contributed by atoms with Crippen LogP contribution in [0.3, 0.4) is 0 Å². The van der Waals surface area contributed by atoms with E-state index in [1.54, 1.807) is 0 Å². The van der Waals surface area contributed by atoms with E-state index in [9.17, 15) is 4.79 Å². The van der Waals surface area contributed by atoms with Crippen LogP contribution in [0.1, 0.15) is 24.1 Å². The number of rotatable bonds is 6. The molecule has 128 valence electrons. The van der Waals surface area contributed by atoms with E-state index in [1.165, 1.54) is 16.3 Å². The molecule has 2 N–H and O–H groups in total. The fourth-order valence-electron chi connectivity index (χ4n) is 2.89. The zero-order valence-corrected chi connectivity index (χ0v) is 14.9. The fourth-order valence-corrected chi connectivity index (χ4v) is 3.11. The standard InChI is InChI=1S/C21H21ClN2O/c1-15(19-11-5-8-17-7-2-3-10-20(17)19)23-14-21(25)24-13-16-6-4-9-18(22)12-16/h2-12,15,23H,13-14H2,1H3,(H,24,25)/t15-/m1/s1. The van der Waals surface area contributed by atoms with Crippen LogP contribution in [0, 0.1) is 0 Å². The summed E-state index contributed by atoms with van der Waals surface area (Å²) in [6.45, 7) is 2.82. The maximum Gasteiger partial charge on any atom is 0.234 e. The molecule has 0 saturated carbocycles. The van der Waals surface area contributed by atoms with Crippen molar-refractivity contribution in [3.63, 3.8) is 0 Å². The summed E-state index contributed by atoms with van der Waals surface area (Å²) in [5.41, 5.74) is 2.18. The first-order chi connectivity index (χ1) is 12.1. The minimum absolute atomic E-state index is 0.0351. The molecule has 0 bridgehead atoms. The van der Waals surface area contributed by atoms with Crippen molar-refractivity contribution >= 4 is 28.3 Å². The van der Waals surface area contributed by atoms with Crippen molar-refractivity contribution in [1.29, 1.82) is 0 Å². The summed E-state index contributed by atoms with van der Waals surface area (Å²) in [6, 6.07) is 22.1. The third kappa shape index (κ3) is 4.59. The average molecular weight is 353 g/mol. The maximum atomic E-state index is 12.1. The lowest BCUT2D eigenvalue weighted by Gasteiger charge is -2.16. The summed E-state index contributed by atoms with van der Waals surface area (Å²) in [5, 5.41) is 9.31. The summed E-state index contributed by atoms with van der Waals surface area (Å²) in [7, 11) is 0. The Labute approximate surface area is 153 Å². The van der Waals surface area contributed by atoms with Crippen LogP contribution in [0.25, 0.3) is 10.8 Å². The number of nitrogens with one attached hydrogen (secondary N) is 2. The zero-order chi connectivity index (χ0) is 17.6. The highest BCUT2D eigenvalue weighted by Gasteiger charge is 2.10. The van der Waals surface area contributed by atoms with Crippen LogP contribution in [0.15, 0.2) is 66.7 Å². The highest BCUT2D eigenvalue weighted by molar-refractivity contribution is 6.30. The second kappa shape index (κ2) is 8.15. The van der Waals surface area contributed by atoms with Gasteiger partial charge in [0.2, 0.25) is 5.91 Å². The smallest absolute Gasteiger partial charge is 0.234 e. The molecule has 0 saturated heterocycles. The molecule has 3 aromatic carbocycles. The van der Waals surface area contributed by atoms with Gasteiger partial charge >= 0.3 is 0 Å². The molecule has 0 aliphatic heterocycles. The summed E-state index contributed by atoms with van der Waals surface area (Å²) in [6.07, 6.45) is 0. The van der Waals surface area contributed by atoms with Crippen molar-refractivity contribution < 1.29 is 4.79 Å². The summed E-state index contributed by atoms with van der Waals surface area (Å²) < 4.78 is 0. The minimum Gasteiger partial charge on any atom is -0.351 e. The van der Waals surface area contributed by atoms with E-state index in [-0.39, 0.29) is 18.5 Å². The van der Waals surface area contributed by atoms with E-state index in [4.69, 9.17) is 11.6 Å². The van der Waals surface area contributed by atoms with Crippen LogP contribution in [0.5, 0.6) is 0 Å². The van der Waals surface area contributed by atoms with Crippen molar-refractivity contribution in [2.45, 2.75) is 19.5 Å². The predicted octanol–water partition coefficient (Wildman–Crippen LogP) is 4.46. The Morgan fingerprint density at radius 3 is 2.64 bits per heavy atom. The fraction of sp³-hybridized carbons (Fsp3) is 0.190. The first-order valence-electron chi connectivity index (χ1n) is 8.35. The first kappa shape index (κ1) is 17.5. The van der Waals surface area contributed by atoms with E-state index in [0.29, 0.717) is 11.6 Å². The van der Waals surface area contributed by atoms with Gasteiger partial charge in [-0.1, -0.05) is 66.2 Å². The van der Waals surface area contributed by atoms with Crippen molar-refractivity contribution in [3.05, 3.63) is 82.9 Å². The van der Waals surface area contributed by atoms with Crippen molar-refractivity contribution in [2.75, 3.05) is 6.54 Å². The number of carbonyl (C=O) groups is 1. The largest absolute Gasteiger partial charge is 0.351 e. The molecule has 1 amide bonds. The van der Waals surface area contributed by atoms with Gasteiger partial charge in [-0.3, -0.25) is 4.79 Å². The molecular formula is C21H21ClN2O. The number of benzene rings is 3. The second-order valence-electron chi connectivity index (χ2n) is 6.08. The molecule has 25 heavy (non-hydrogen) atoms. The van der Waals surface area contributed by atoms with Gasteiger partial charge in [0, 0.05) is 17.6 Å². The van der Waals surface area contributed by atoms with Gasteiger partial charge in [-0.15, -0.1) is 0 Å². The van der Waals surface area contributed by atoms with Crippen molar-refractivity contribution in [2.24, 2.45) is 0 Å². The molecule has 1 atom stereocenters. The molecule has 3 aromatic rings. The highest BCUT2D eigenvalue weighted by atomic mass is 35.5. The van der Waals surface area contributed by atoms with Gasteiger partial charge in [-0.05, 0) is 41.0 Å². The molecule has 0 aromatic heterocycles. The second-order valence-corrected chi connectivity index (χ2v) is 6.51. The first-order valence-corrected chi connectivity index (χ1v) is 8.73. The lowest BCUT2D eigenvalue weighted by Crippen LogP contribution is -2.34. The lowest BCUT2D eigenvalue weighted by molar-refractivity contribution is -0.120. The van der Waals surface area contributed by atoms with E-state index in [1.807, 2.05) is 36.4 Å². The van der Waals surface area contributed by atoms with Gasteiger partial charge in [0.1, 0.15) is 0 Å². The van der Waals surface area contributed by atoms with Gasteiger partial charge in [0.25, 0.3) is 0 Å². The third-order valence-corrected chi connectivity index (χ3v) is 4.47. The average Bonchev–Trinajstić information content (AvgIpc) is 2.64. The Bertz CT molecular complexity index is 873. The van der Waals surface area contributed by atoms with Crippen LogP contribution in [0.2, 0.25) is 5.02 Å². The SMILES string of the molecule is C[C@@H](NCC(=O)NCc1cccc(Cl)c1)c1cccc2ccccc12. The van der Waals surface area contributed by atoms with Gasteiger partial charge in [-0.2, -0.15) is 0 Å². The number of amides is 1. The van der Waals surface area contributed by atoms with E-state index < -0.39 is 0 Å². The zero-order valence-electron chi connectivity index (χ0n) is 14.1. The number of hydrogen-bond donors (Lipinski definition) is 2. The molecule has 0 aliphatic rings. The Kier molecular flexibility index (Phi) is 5.69. The molecular weight excluding hydrogens is 332 g/mol. The Morgan fingerprint density at radius 1 is 1.04 bits per heavy atom. The van der Waals surface area contributed by atoms with Crippen LogP contribution in [0.4, 0.5) is 0 Å². The molecule has 4 heteroatoms. The van der Waals surface area contributed by atoms with Gasteiger partial charge < -0.3 is 10.6 Å². The molecule has 3 nitrogen and oxygen atoms in total. The van der Waals surface area contributed by atoms with E-state index in [2.05, 4.69) is 47.9 Å². The quantitative estimate of drug-likeness (QED) is 0.687. The van der Waals surface area contributed by atoms with Crippen molar-refractivity contribution in [1.82, 2.24) is 10.6 Å². The highest BCUT2D eigenvalue weighted by Crippen LogP contribution is 2.23. The predicted molar refractivity (Wildman–Crippen MR) is 104 cm³/mol. The molecule has 0 unspecified atom stereocenters. The number of fused-ring (bicyclic) bond motifs is 1. The van der Waals surface area contributed by atoms with Crippen LogP contribution < -0.4 is 10.6 Å². The van der Waals surface area contributed by atoms with Crippen LogP contribution in [-0.4, -0.2) is 12.5 Å². The Balaban J connectivity index is 1.56. The monoisotopic (exact) mass is 352 g/mol. The molecule has 3 rings (SSSR count). The van der Waals surface area contributed by atoms with Crippen LogP contribution >= 0.6 is 11.6 Å². The molecule has 0 heterocycles. The summed E-state index contributed by atoms with van der Waals surface area (Å²) in [5.74, 6) is -0.0351. The van der Waals surface area contributed by atoms with Crippen molar-refractivity contribution in [3.8, 4) is 0 Å². The lowest BCUT2D eigenvalue weighted by atomic mass is 10.00. The molecule has 0 aliphatic carbocycles. The van der Waals surface area contributed by atoms with E-state index in [0.717, 1.165) is 5.56 Å². The maximum absolute atomic E-state index is 12.1.